The molecule has 6 heteroatoms. The van der Waals surface area contributed by atoms with Gasteiger partial charge < -0.3 is 14.6 Å². The molecule has 2 bridgehead atoms. The number of aliphatic hydroxyl groups excluding tert-OH is 1. The number of rotatable bonds is 1. The molecule has 0 amide bonds. The van der Waals surface area contributed by atoms with Crippen molar-refractivity contribution in [2.45, 2.75) is 88.3 Å². The molecule has 3 aliphatic rings. The van der Waals surface area contributed by atoms with Crippen LogP contribution in [-0.4, -0.2) is 45.3 Å². The van der Waals surface area contributed by atoms with E-state index < -0.39 is 23.3 Å². The number of hydrogen-bond donors (Lipinski definition) is 2. The van der Waals surface area contributed by atoms with Gasteiger partial charge in [0.05, 0.1) is 17.8 Å². The zero-order valence-electron chi connectivity index (χ0n) is 15.9. The minimum atomic E-state index is -0.979. The number of epoxide rings is 1. The third-order valence-corrected chi connectivity index (χ3v) is 6.43. The maximum atomic E-state index is 12.5. The average Bonchev–Trinajstić information content (AvgIpc) is 3.25. The normalized spacial score (nSPS) is 46.9. The van der Waals surface area contributed by atoms with Crippen molar-refractivity contribution >= 4 is 5.97 Å². The highest BCUT2D eigenvalue weighted by molar-refractivity contribution is 5.89. The van der Waals surface area contributed by atoms with Gasteiger partial charge in [0, 0.05) is 5.57 Å². The predicted molar refractivity (Wildman–Crippen MR) is 95.4 cm³/mol. The van der Waals surface area contributed by atoms with Gasteiger partial charge in [-0.25, -0.2) is 9.68 Å². The van der Waals surface area contributed by atoms with E-state index in [1.54, 1.807) is 13.8 Å². The molecule has 6 nitrogen and oxygen atoms in total. The molecule has 2 aliphatic heterocycles. The van der Waals surface area contributed by atoms with Crippen molar-refractivity contribution in [1.29, 1.82) is 0 Å². The third-order valence-electron chi connectivity index (χ3n) is 6.43. The van der Waals surface area contributed by atoms with E-state index >= 15 is 0 Å². The SMILES string of the molecule is C=C1C(=O)OC2(C)CCC1CC1OC1(C)CC=CC(C)(OO)CCC2O. The van der Waals surface area contributed by atoms with Gasteiger partial charge in [-0.05, 0) is 65.2 Å². The number of hydrogen-bond acceptors (Lipinski definition) is 6. The zero-order valence-corrected chi connectivity index (χ0v) is 15.9. The summed E-state index contributed by atoms with van der Waals surface area (Å²) in [7, 11) is 0. The first-order valence-electron chi connectivity index (χ1n) is 9.39. The van der Waals surface area contributed by atoms with Crippen LogP contribution >= 0.6 is 0 Å². The Morgan fingerprint density at radius 2 is 1.96 bits per heavy atom. The van der Waals surface area contributed by atoms with Crippen molar-refractivity contribution in [3.8, 4) is 0 Å². The number of carbonyl (C=O) groups is 1. The molecule has 0 aromatic carbocycles. The van der Waals surface area contributed by atoms with Crippen LogP contribution in [0.3, 0.4) is 0 Å². The van der Waals surface area contributed by atoms with E-state index in [2.05, 4.69) is 18.4 Å². The van der Waals surface area contributed by atoms with Crippen LogP contribution < -0.4 is 0 Å². The van der Waals surface area contributed by atoms with Gasteiger partial charge in [0.25, 0.3) is 0 Å². The summed E-state index contributed by atoms with van der Waals surface area (Å²) >= 11 is 0. The average molecular weight is 366 g/mol. The lowest BCUT2D eigenvalue weighted by Crippen LogP contribution is -2.44. The summed E-state index contributed by atoms with van der Waals surface area (Å²) in [5.74, 6) is -0.438. The maximum absolute atomic E-state index is 12.5. The number of carbonyl (C=O) groups excluding carboxylic acids is 1. The van der Waals surface area contributed by atoms with Crippen LogP contribution in [0.15, 0.2) is 24.3 Å². The van der Waals surface area contributed by atoms with E-state index in [0.717, 1.165) is 12.8 Å². The quantitative estimate of drug-likeness (QED) is 0.185. The van der Waals surface area contributed by atoms with Crippen molar-refractivity contribution in [2.24, 2.45) is 5.92 Å². The predicted octanol–water partition coefficient (Wildman–Crippen LogP) is 3.15. The molecule has 0 aromatic rings. The van der Waals surface area contributed by atoms with Crippen LogP contribution in [0.1, 0.15) is 59.3 Å². The lowest BCUT2D eigenvalue weighted by atomic mass is 9.82. The van der Waals surface area contributed by atoms with Gasteiger partial charge in [0.15, 0.2) is 0 Å². The Kier molecular flexibility index (Phi) is 5.07. The highest BCUT2D eigenvalue weighted by Gasteiger charge is 2.53. The fourth-order valence-electron chi connectivity index (χ4n) is 4.08. The number of fused-ring (bicyclic) bond motifs is 4. The molecule has 3 rings (SSSR count). The highest BCUT2D eigenvalue weighted by atomic mass is 17.1. The molecule has 2 saturated heterocycles. The Balaban J connectivity index is 1.89. The standard InChI is InChI=1S/C20H30O6/c1-13-14-6-11-19(3,25-17(13)22)15(21)7-10-18(2,26-23)8-5-9-20(4)16(12-14)24-20/h5,8,14-16,21,23H,1,6-7,9-12H2,2-4H3. The Bertz CT molecular complexity index is 615. The first-order chi connectivity index (χ1) is 12.1. The molecule has 0 saturated carbocycles. The van der Waals surface area contributed by atoms with E-state index in [0.29, 0.717) is 31.3 Å². The van der Waals surface area contributed by atoms with Crippen LogP contribution in [0.4, 0.5) is 0 Å². The largest absolute Gasteiger partial charge is 0.453 e. The lowest BCUT2D eigenvalue weighted by Gasteiger charge is -2.34. The highest BCUT2D eigenvalue weighted by Crippen LogP contribution is 2.47. The molecule has 0 aromatic heterocycles. The molecule has 26 heavy (non-hydrogen) atoms. The van der Waals surface area contributed by atoms with E-state index in [9.17, 15) is 15.2 Å². The maximum Gasteiger partial charge on any atom is 0.334 e. The van der Waals surface area contributed by atoms with E-state index in [-0.39, 0.29) is 17.6 Å². The Hall–Kier alpha value is -1.21. The third kappa shape index (κ3) is 3.74. The van der Waals surface area contributed by atoms with Crippen molar-refractivity contribution in [3.05, 3.63) is 24.3 Å². The summed E-state index contributed by atoms with van der Waals surface area (Å²) in [5, 5.41) is 20.1. The number of aliphatic hydroxyl groups is 1. The molecule has 2 N–H and O–H groups in total. The molecular formula is C20H30O6. The minimum absolute atomic E-state index is 0.00121. The van der Waals surface area contributed by atoms with E-state index in [1.165, 1.54) is 0 Å². The molecule has 146 valence electrons. The minimum Gasteiger partial charge on any atom is -0.453 e. The summed E-state index contributed by atoms with van der Waals surface area (Å²) < 4.78 is 11.6. The molecular weight excluding hydrogens is 336 g/mol. The summed E-state index contributed by atoms with van der Waals surface area (Å²) in [4.78, 5) is 17.2. The fraction of sp³-hybridized carbons (Fsp3) is 0.750. The molecule has 0 spiro atoms. The molecule has 0 radical (unpaired) electrons. The number of esters is 1. The molecule has 2 fully saturated rings. The van der Waals surface area contributed by atoms with Crippen LogP contribution in [0.25, 0.3) is 0 Å². The van der Waals surface area contributed by atoms with Gasteiger partial charge >= 0.3 is 5.97 Å². The van der Waals surface area contributed by atoms with Crippen LogP contribution in [0, 0.1) is 5.92 Å². The van der Waals surface area contributed by atoms with Crippen LogP contribution in [-0.2, 0) is 19.2 Å². The smallest absolute Gasteiger partial charge is 0.334 e. The zero-order chi connectivity index (χ0) is 19.2. The Morgan fingerprint density at radius 3 is 2.65 bits per heavy atom. The van der Waals surface area contributed by atoms with Crippen molar-refractivity contribution in [1.82, 2.24) is 0 Å². The summed E-state index contributed by atoms with van der Waals surface area (Å²) in [5.41, 5.74) is -1.70. The Morgan fingerprint density at radius 1 is 1.23 bits per heavy atom. The van der Waals surface area contributed by atoms with Crippen LogP contribution in [0.5, 0.6) is 0 Å². The molecule has 2 heterocycles. The van der Waals surface area contributed by atoms with Crippen LogP contribution in [0.2, 0.25) is 0 Å². The molecule has 6 unspecified atom stereocenters. The van der Waals surface area contributed by atoms with E-state index in [1.807, 2.05) is 12.2 Å². The second-order valence-electron chi connectivity index (χ2n) is 8.68. The van der Waals surface area contributed by atoms with Crippen molar-refractivity contribution in [2.75, 3.05) is 0 Å². The van der Waals surface area contributed by atoms with Gasteiger partial charge in [0.2, 0.25) is 0 Å². The van der Waals surface area contributed by atoms with Crippen molar-refractivity contribution < 1.29 is 29.5 Å². The lowest BCUT2D eigenvalue weighted by molar-refractivity contribution is -0.305. The summed E-state index contributed by atoms with van der Waals surface area (Å²) in [6.07, 6.45) is 6.38. The second kappa shape index (κ2) is 6.75. The summed E-state index contributed by atoms with van der Waals surface area (Å²) in [6.45, 7) is 9.53. The van der Waals surface area contributed by atoms with Gasteiger partial charge in [0.1, 0.15) is 11.2 Å². The Labute approximate surface area is 154 Å². The fourth-order valence-corrected chi connectivity index (χ4v) is 4.08. The van der Waals surface area contributed by atoms with E-state index in [4.69, 9.17) is 9.47 Å². The van der Waals surface area contributed by atoms with Gasteiger partial charge in [-0.15, -0.1) is 0 Å². The first kappa shape index (κ1) is 19.5. The monoisotopic (exact) mass is 366 g/mol. The first-order valence-corrected chi connectivity index (χ1v) is 9.39. The topological polar surface area (TPSA) is 88.5 Å². The van der Waals surface area contributed by atoms with Gasteiger partial charge in [-0.1, -0.05) is 18.7 Å². The summed E-state index contributed by atoms with van der Waals surface area (Å²) in [6, 6.07) is 0. The molecule has 1 aliphatic carbocycles. The van der Waals surface area contributed by atoms with Crippen molar-refractivity contribution in [3.63, 3.8) is 0 Å². The van der Waals surface area contributed by atoms with Gasteiger partial charge in [-0.3, -0.25) is 5.26 Å². The second-order valence-corrected chi connectivity index (χ2v) is 8.68. The van der Waals surface area contributed by atoms with Gasteiger partial charge in [-0.2, -0.15) is 0 Å². The molecule has 6 atom stereocenters. The number of ether oxygens (including phenoxy) is 2.